The maximum atomic E-state index is 13.0. The normalized spacial score (nSPS) is 18.8. The largest absolute Gasteiger partial charge is 0.451 e. The van der Waals surface area contributed by atoms with E-state index in [1.54, 1.807) is 24.3 Å². The molecule has 2 atom stereocenters. The lowest BCUT2D eigenvalue weighted by Gasteiger charge is -2.34. The van der Waals surface area contributed by atoms with E-state index in [1.807, 2.05) is 13.8 Å². The summed E-state index contributed by atoms with van der Waals surface area (Å²) in [6.07, 6.45) is 0.999. The number of ether oxygens (including phenoxy) is 1. The lowest BCUT2D eigenvalue weighted by molar-refractivity contribution is -0.119. The van der Waals surface area contributed by atoms with Crippen molar-refractivity contribution in [1.29, 1.82) is 0 Å². The number of hydrogen-bond acceptors (Lipinski definition) is 6. The van der Waals surface area contributed by atoms with E-state index in [1.165, 1.54) is 34.6 Å². The number of H-pyrrole nitrogens is 1. The third-order valence-electron chi connectivity index (χ3n) is 5.92. The van der Waals surface area contributed by atoms with Gasteiger partial charge in [0.2, 0.25) is 10.0 Å². The number of pyridine rings is 1. The van der Waals surface area contributed by atoms with Crippen molar-refractivity contribution in [2.24, 2.45) is 11.8 Å². The number of amides is 1. The highest BCUT2D eigenvalue weighted by molar-refractivity contribution is 7.89. The minimum Gasteiger partial charge on any atom is -0.451 e. The van der Waals surface area contributed by atoms with Crippen LogP contribution in [0.1, 0.15) is 30.8 Å². The molecule has 10 heteroatoms. The molecule has 0 radical (unpaired) electrons. The van der Waals surface area contributed by atoms with Gasteiger partial charge in [0.25, 0.3) is 11.5 Å². The van der Waals surface area contributed by atoms with Crippen molar-refractivity contribution in [3.63, 3.8) is 0 Å². The molecule has 0 spiro atoms. The summed E-state index contributed by atoms with van der Waals surface area (Å²) in [6.45, 7) is 4.48. The maximum Gasteiger partial charge on any atom is 0.355 e. The van der Waals surface area contributed by atoms with Crippen molar-refractivity contribution < 1.29 is 22.7 Å². The monoisotopic (exact) mass is 497 g/mol. The molecule has 1 aliphatic heterocycles. The average Bonchev–Trinajstić information content (AvgIpc) is 2.82. The summed E-state index contributed by atoms with van der Waals surface area (Å²) in [6, 6.07) is 14.2. The smallest absolute Gasteiger partial charge is 0.355 e. The van der Waals surface area contributed by atoms with Crippen LogP contribution in [0, 0.1) is 11.8 Å². The Hall–Kier alpha value is -3.50. The molecule has 184 valence electrons. The van der Waals surface area contributed by atoms with Gasteiger partial charge >= 0.3 is 5.97 Å². The molecule has 1 fully saturated rings. The van der Waals surface area contributed by atoms with Crippen LogP contribution in [0.3, 0.4) is 0 Å². The molecule has 4 rings (SSSR count). The molecular weight excluding hydrogens is 470 g/mol. The number of rotatable bonds is 6. The third-order valence-corrected chi connectivity index (χ3v) is 7.76. The van der Waals surface area contributed by atoms with Crippen LogP contribution < -0.4 is 10.9 Å². The van der Waals surface area contributed by atoms with Crippen molar-refractivity contribution in [2.45, 2.75) is 25.2 Å². The SMILES string of the molecule is CC1CC(C)CN(S(=O)(=O)c2ccc(NC(=O)COC(=O)c3cc4ccccc4c(=O)[nH]3)cc2)C1. The third kappa shape index (κ3) is 5.60. The summed E-state index contributed by atoms with van der Waals surface area (Å²) in [5.41, 5.74) is -0.120. The van der Waals surface area contributed by atoms with E-state index in [2.05, 4.69) is 10.3 Å². The number of hydrogen-bond donors (Lipinski definition) is 2. The van der Waals surface area contributed by atoms with Crippen LogP contribution in [0.5, 0.6) is 0 Å². The van der Waals surface area contributed by atoms with Crippen LogP contribution in [-0.4, -0.2) is 49.3 Å². The highest BCUT2D eigenvalue weighted by Crippen LogP contribution is 2.27. The van der Waals surface area contributed by atoms with E-state index in [0.29, 0.717) is 41.4 Å². The van der Waals surface area contributed by atoms with Crippen LogP contribution >= 0.6 is 0 Å². The Labute approximate surface area is 203 Å². The van der Waals surface area contributed by atoms with E-state index < -0.39 is 34.1 Å². The molecule has 2 heterocycles. The molecule has 3 aromatic rings. The first-order valence-corrected chi connectivity index (χ1v) is 12.8. The van der Waals surface area contributed by atoms with Gasteiger partial charge in [-0.2, -0.15) is 4.31 Å². The predicted molar refractivity (Wildman–Crippen MR) is 132 cm³/mol. The highest BCUT2D eigenvalue weighted by atomic mass is 32.2. The van der Waals surface area contributed by atoms with Crippen LogP contribution in [0.2, 0.25) is 0 Å². The van der Waals surface area contributed by atoms with Crippen LogP contribution in [0.25, 0.3) is 10.8 Å². The average molecular weight is 498 g/mol. The summed E-state index contributed by atoms with van der Waals surface area (Å²) >= 11 is 0. The van der Waals surface area contributed by atoms with E-state index >= 15 is 0 Å². The Balaban J connectivity index is 1.36. The minimum atomic E-state index is -3.62. The Bertz CT molecular complexity index is 1410. The zero-order valence-electron chi connectivity index (χ0n) is 19.5. The Kier molecular flexibility index (Phi) is 7.04. The molecule has 1 aliphatic rings. The van der Waals surface area contributed by atoms with E-state index in [9.17, 15) is 22.8 Å². The summed E-state index contributed by atoms with van der Waals surface area (Å²) in [5, 5.41) is 3.59. The van der Waals surface area contributed by atoms with Gasteiger partial charge in [0.05, 0.1) is 4.90 Å². The molecule has 1 amide bonds. The predicted octanol–water partition coefficient (Wildman–Crippen LogP) is 2.99. The van der Waals surface area contributed by atoms with Crippen molar-refractivity contribution in [3.8, 4) is 0 Å². The number of sulfonamides is 1. The van der Waals surface area contributed by atoms with Gasteiger partial charge in [-0.25, -0.2) is 13.2 Å². The quantitative estimate of drug-likeness (QED) is 0.505. The standard InChI is InChI=1S/C25H27N3O6S/c1-16-11-17(2)14-28(13-16)35(32,33)20-9-7-19(8-10-20)26-23(29)15-34-25(31)22-12-18-5-3-4-6-21(18)24(30)27-22/h3-10,12,16-17H,11,13-15H2,1-2H3,(H,26,29)(H,27,30). The highest BCUT2D eigenvalue weighted by Gasteiger charge is 2.31. The second-order valence-electron chi connectivity index (χ2n) is 9.02. The molecule has 1 aromatic heterocycles. The van der Waals surface area contributed by atoms with Crippen molar-refractivity contribution in [3.05, 3.63) is 70.6 Å². The number of anilines is 1. The second-order valence-corrected chi connectivity index (χ2v) is 11.0. The fraction of sp³-hybridized carbons (Fsp3) is 0.320. The van der Waals surface area contributed by atoms with Crippen molar-refractivity contribution in [2.75, 3.05) is 25.0 Å². The summed E-state index contributed by atoms with van der Waals surface area (Å²) in [5.74, 6) is -0.852. The number of fused-ring (bicyclic) bond motifs is 1. The number of aromatic nitrogens is 1. The fourth-order valence-corrected chi connectivity index (χ4v) is 6.07. The number of nitrogens with zero attached hydrogens (tertiary/aromatic N) is 1. The van der Waals surface area contributed by atoms with Gasteiger partial charge in [-0.3, -0.25) is 9.59 Å². The summed E-state index contributed by atoms with van der Waals surface area (Å²) in [7, 11) is -3.62. The van der Waals surface area contributed by atoms with Gasteiger partial charge in [-0.1, -0.05) is 32.0 Å². The topological polar surface area (TPSA) is 126 Å². The van der Waals surface area contributed by atoms with Crippen LogP contribution in [-0.2, 0) is 19.6 Å². The van der Waals surface area contributed by atoms with Crippen LogP contribution in [0.4, 0.5) is 5.69 Å². The molecule has 0 bridgehead atoms. The molecule has 2 aromatic carbocycles. The van der Waals surface area contributed by atoms with E-state index in [-0.39, 0.29) is 10.6 Å². The number of carbonyl (C=O) groups is 2. The van der Waals surface area contributed by atoms with Gasteiger partial charge < -0.3 is 15.0 Å². The fourth-order valence-electron chi connectivity index (χ4n) is 4.39. The Morgan fingerprint density at radius 1 is 1.06 bits per heavy atom. The van der Waals surface area contributed by atoms with Crippen LogP contribution in [0.15, 0.2) is 64.3 Å². The Morgan fingerprint density at radius 2 is 1.71 bits per heavy atom. The number of carbonyl (C=O) groups excluding carboxylic acids is 2. The van der Waals surface area contributed by atoms with Gasteiger partial charge in [0, 0.05) is 24.2 Å². The number of esters is 1. The molecule has 0 saturated carbocycles. The number of nitrogens with one attached hydrogen (secondary N) is 2. The molecule has 2 N–H and O–H groups in total. The number of piperidine rings is 1. The van der Waals surface area contributed by atoms with E-state index in [4.69, 9.17) is 4.74 Å². The second kappa shape index (κ2) is 10.0. The lowest BCUT2D eigenvalue weighted by atomic mass is 9.94. The van der Waals surface area contributed by atoms with Crippen molar-refractivity contribution in [1.82, 2.24) is 9.29 Å². The molecule has 0 aliphatic carbocycles. The first-order valence-electron chi connectivity index (χ1n) is 11.3. The summed E-state index contributed by atoms with van der Waals surface area (Å²) < 4.78 is 32.5. The lowest BCUT2D eigenvalue weighted by Crippen LogP contribution is -2.42. The molecule has 9 nitrogen and oxygen atoms in total. The minimum absolute atomic E-state index is 0.0580. The number of benzene rings is 2. The molecule has 1 saturated heterocycles. The molecular formula is C25H27N3O6S. The van der Waals surface area contributed by atoms with E-state index in [0.717, 1.165) is 6.42 Å². The van der Waals surface area contributed by atoms with Gasteiger partial charge in [0.1, 0.15) is 5.69 Å². The van der Waals surface area contributed by atoms with Crippen molar-refractivity contribution >= 4 is 38.4 Å². The zero-order valence-corrected chi connectivity index (χ0v) is 20.3. The zero-order chi connectivity index (χ0) is 25.2. The maximum absolute atomic E-state index is 13.0. The Morgan fingerprint density at radius 3 is 2.40 bits per heavy atom. The number of aromatic amines is 1. The summed E-state index contributed by atoms with van der Waals surface area (Å²) in [4.78, 5) is 39.3. The van der Waals surface area contributed by atoms with Gasteiger partial charge in [0.15, 0.2) is 6.61 Å². The van der Waals surface area contributed by atoms with Gasteiger partial charge in [-0.15, -0.1) is 0 Å². The van der Waals surface area contributed by atoms with Gasteiger partial charge in [-0.05, 0) is 60.0 Å². The molecule has 35 heavy (non-hydrogen) atoms. The first kappa shape index (κ1) is 24.6. The first-order chi connectivity index (χ1) is 16.6. The molecule has 2 unspecified atom stereocenters.